The minimum atomic E-state index is -0.138. The fourth-order valence-electron chi connectivity index (χ4n) is 2.26. The van der Waals surface area contributed by atoms with Crippen LogP contribution in [0.25, 0.3) is 11.5 Å². The molecule has 0 aliphatic heterocycles. The van der Waals surface area contributed by atoms with Crippen molar-refractivity contribution in [3.63, 3.8) is 0 Å². The van der Waals surface area contributed by atoms with Crippen molar-refractivity contribution in [2.75, 3.05) is 11.1 Å². The summed E-state index contributed by atoms with van der Waals surface area (Å²) < 4.78 is 5.53. The number of anilines is 1. The molecule has 0 aliphatic carbocycles. The summed E-state index contributed by atoms with van der Waals surface area (Å²) in [6.07, 6.45) is 0. The molecular formula is C18H17N3O3S. The number of phenols is 1. The lowest BCUT2D eigenvalue weighted by molar-refractivity contribution is -0.113. The first-order valence-electron chi connectivity index (χ1n) is 7.64. The number of amides is 1. The molecule has 0 spiro atoms. The summed E-state index contributed by atoms with van der Waals surface area (Å²) in [6.45, 7) is 3.97. The van der Waals surface area contributed by atoms with Crippen molar-refractivity contribution < 1.29 is 14.3 Å². The standard InChI is InChI=1S/C18H17N3O3S/c1-11-3-8-15(12(2)9-11)19-16(23)10-25-18-21-20-17(24-18)13-4-6-14(22)7-5-13/h3-9,22H,10H2,1-2H3,(H,19,23). The van der Waals surface area contributed by atoms with Crippen molar-refractivity contribution in [3.8, 4) is 17.2 Å². The van der Waals surface area contributed by atoms with Gasteiger partial charge in [0.05, 0.1) is 5.75 Å². The van der Waals surface area contributed by atoms with Crippen LogP contribution in [-0.2, 0) is 4.79 Å². The quantitative estimate of drug-likeness (QED) is 0.677. The third-order valence-electron chi connectivity index (χ3n) is 3.50. The molecule has 1 heterocycles. The lowest BCUT2D eigenvalue weighted by atomic mass is 10.1. The number of aryl methyl sites for hydroxylation is 2. The van der Waals surface area contributed by atoms with E-state index >= 15 is 0 Å². The number of phenolic OH excluding ortho intramolecular Hbond substituents is 1. The van der Waals surface area contributed by atoms with Gasteiger partial charge in [0.1, 0.15) is 5.75 Å². The van der Waals surface area contributed by atoms with Crippen molar-refractivity contribution in [3.05, 3.63) is 53.6 Å². The van der Waals surface area contributed by atoms with Gasteiger partial charge in [-0.25, -0.2) is 0 Å². The van der Waals surface area contributed by atoms with Gasteiger partial charge in [0, 0.05) is 11.3 Å². The molecule has 0 atom stereocenters. The molecule has 1 aromatic heterocycles. The van der Waals surface area contributed by atoms with Gasteiger partial charge >= 0.3 is 0 Å². The minimum Gasteiger partial charge on any atom is -0.508 e. The van der Waals surface area contributed by atoms with E-state index in [1.807, 2.05) is 32.0 Å². The van der Waals surface area contributed by atoms with Crippen LogP contribution in [0.4, 0.5) is 5.69 Å². The van der Waals surface area contributed by atoms with Crippen molar-refractivity contribution >= 4 is 23.4 Å². The third kappa shape index (κ3) is 4.39. The van der Waals surface area contributed by atoms with Gasteiger partial charge in [-0.2, -0.15) is 0 Å². The molecule has 0 fully saturated rings. The van der Waals surface area contributed by atoms with Crippen molar-refractivity contribution in [1.29, 1.82) is 0 Å². The average molecular weight is 355 g/mol. The highest BCUT2D eigenvalue weighted by atomic mass is 32.2. The van der Waals surface area contributed by atoms with Crippen LogP contribution in [0, 0.1) is 13.8 Å². The maximum absolute atomic E-state index is 12.1. The molecule has 0 saturated carbocycles. The highest BCUT2D eigenvalue weighted by Crippen LogP contribution is 2.25. The highest BCUT2D eigenvalue weighted by Gasteiger charge is 2.12. The van der Waals surface area contributed by atoms with E-state index in [-0.39, 0.29) is 17.4 Å². The predicted octanol–water partition coefficient (Wildman–Crippen LogP) is 3.79. The van der Waals surface area contributed by atoms with Gasteiger partial charge in [0.2, 0.25) is 11.8 Å². The lowest BCUT2D eigenvalue weighted by Gasteiger charge is -2.08. The van der Waals surface area contributed by atoms with E-state index in [9.17, 15) is 9.90 Å². The van der Waals surface area contributed by atoms with E-state index in [0.29, 0.717) is 16.7 Å². The number of aromatic hydroxyl groups is 1. The van der Waals surface area contributed by atoms with Crippen molar-refractivity contribution in [2.45, 2.75) is 19.1 Å². The van der Waals surface area contributed by atoms with Crippen LogP contribution < -0.4 is 5.32 Å². The summed E-state index contributed by atoms with van der Waals surface area (Å²) in [7, 11) is 0. The predicted molar refractivity (Wildman–Crippen MR) is 96.7 cm³/mol. The first-order valence-corrected chi connectivity index (χ1v) is 8.62. The maximum Gasteiger partial charge on any atom is 0.277 e. The van der Waals surface area contributed by atoms with Crippen LogP contribution in [0.1, 0.15) is 11.1 Å². The molecule has 0 saturated heterocycles. The Morgan fingerprint density at radius 1 is 1.16 bits per heavy atom. The Kier molecular flexibility index (Phi) is 5.04. The Hall–Kier alpha value is -2.80. The van der Waals surface area contributed by atoms with Crippen LogP contribution in [0.3, 0.4) is 0 Å². The first kappa shape index (κ1) is 17.0. The van der Waals surface area contributed by atoms with Gasteiger partial charge in [-0.1, -0.05) is 29.5 Å². The molecule has 7 heteroatoms. The smallest absolute Gasteiger partial charge is 0.277 e. The van der Waals surface area contributed by atoms with E-state index in [2.05, 4.69) is 15.5 Å². The summed E-state index contributed by atoms with van der Waals surface area (Å²) in [5, 5.41) is 20.4. The van der Waals surface area contributed by atoms with Gasteiger partial charge in [-0.05, 0) is 49.7 Å². The number of benzene rings is 2. The average Bonchev–Trinajstić information content (AvgIpc) is 3.05. The zero-order chi connectivity index (χ0) is 17.8. The second-order valence-electron chi connectivity index (χ2n) is 5.58. The van der Waals surface area contributed by atoms with Gasteiger partial charge in [-0.15, -0.1) is 10.2 Å². The Balaban J connectivity index is 1.58. The van der Waals surface area contributed by atoms with Crippen LogP contribution in [0.5, 0.6) is 5.75 Å². The lowest BCUT2D eigenvalue weighted by Crippen LogP contribution is -2.14. The molecule has 3 rings (SSSR count). The number of carbonyl (C=O) groups is 1. The summed E-state index contributed by atoms with van der Waals surface area (Å²) >= 11 is 1.17. The van der Waals surface area contributed by atoms with Crippen LogP contribution in [-0.4, -0.2) is 27.0 Å². The van der Waals surface area contributed by atoms with E-state index in [0.717, 1.165) is 16.8 Å². The van der Waals surface area contributed by atoms with Crippen molar-refractivity contribution in [2.24, 2.45) is 0 Å². The fourth-order valence-corrected chi connectivity index (χ4v) is 2.82. The molecule has 128 valence electrons. The van der Waals surface area contributed by atoms with Gasteiger partial charge in [0.15, 0.2) is 0 Å². The summed E-state index contributed by atoms with van der Waals surface area (Å²) in [5.74, 6) is 0.546. The number of hydrogen-bond acceptors (Lipinski definition) is 6. The van der Waals surface area contributed by atoms with Gasteiger partial charge in [-0.3, -0.25) is 4.79 Å². The molecule has 6 nitrogen and oxygen atoms in total. The van der Waals surface area contributed by atoms with E-state index in [1.165, 1.54) is 11.8 Å². The monoisotopic (exact) mass is 355 g/mol. The third-order valence-corrected chi connectivity index (χ3v) is 4.32. The summed E-state index contributed by atoms with van der Waals surface area (Å²) in [4.78, 5) is 12.1. The molecule has 25 heavy (non-hydrogen) atoms. The number of nitrogens with zero attached hydrogens (tertiary/aromatic N) is 2. The number of hydrogen-bond donors (Lipinski definition) is 2. The first-order chi connectivity index (χ1) is 12.0. The fraction of sp³-hybridized carbons (Fsp3) is 0.167. The van der Waals surface area contributed by atoms with E-state index in [1.54, 1.807) is 24.3 Å². The zero-order valence-corrected chi connectivity index (χ0v) is 14.6. The van der Waals surface area contributed by atoms with Crippen molar-refractivity contribution in [1.82, 2.24) is 10.2 Å². The molecule has 0 unspecified atom stereocenters. The molecule has 0 aliphatic rings. The highest BCUT2D eigenvalue weighted by molar-refractivity contribution is 7.99. The minimum absolute atomic E-state index is 0.138. The molecule has 2 aromatic carbocycles. The molecule has 3 aromatic rings. The number of rotatable bonds is 5. The zero-order valence-electron chi connectivity index (χ0n) is 13.8. The van der Waals surface area contributed by atoms with E-state index < -0.39 is 0 Å². The topological polar surface area (TPSA) is 88.2 Å². The van der Waals surface area contributed by atoms with E-state index in [4.69, 9.17) is 4.42 Å². The van der Waals surface area contributed by atoms with Gasteiger partial charge in [0.25, 0.3) is 5.22 Å². The number of carbonyl (C=O) groups excluding carboxylic acids is 1. The SMILES string of the molecule is Cc1ccc(NC(=O)CSc2nnc(-c3ccc(O)cc3)o2)c(C)c1. The summed E-state index contributed by atoms with van der Waals surface area (Å²) in [5.41, 5.74) is 3.67. The Morgan fingerprint density at radius 2 is 1.92 bits per heavy atom. The van der Waals surface area contributed by atoms with Crippen LogP contribution >= 0.6 is 11.8 Å². The molecule has 0 bridgehead atoms. The van der Waals surface area contributed by atoms with Gasteiger partial charge < -0.3 is 14.8 Å². The largest absolute Gasteiger partial charge is 0.508 e. The Labute approximate surface area is 149 Å². The Morgan fingerprint density at radius 3 is 2.64 bits per heavy atom. The second-order valence-corrected chi connectivity index (χ2v) is 6.50. The maximum atomic E-state index is 12.1. The molecular weight excluding hydrogens is 338 g/mol. The molecule has 2 N–H and O–H groups in total. The normalized spacial score (nSPS) is 10.6. The number of thioether (sulfide) groups is 1. The molecule has 0 radical (unpaired) electrons. The second kappa shape index (κ2) is 7.40. The van der Waals surface area contributed by atoms with Crippen LogP contribution in [0.2, 0.25) is 0 Å². The summed E-state index contributed by atoms with van der Waals surface area (Å²) in [6, 6.07) is 12.3. The number of aromatic nitrogens is 2. The number of nitrogens with one attached hydrogen (secondary N) is 1. The molecule has 1 amide bonds. The van der Waals surface area contributed by atoms with Crippen LogP contribution in [0.15, 0.2) is 52.1 Å². The Bertz CT molecular complexity index is 891.